The summed E-state index contributed by atoms with van der Waals surface area (Å²) >= 11 is 0. The van der Waals surface area contributed by atoms with Crippen molar-refractivity contribution in [3.8, 4) is 11.5 Å². The predicted molar refractivity (Wildman–Crippen MR) is 111 cm³/mol. The van der Waals surface area contributed by atoms with Crippen molar-refractivity contribution in [1.29, 1.82) is 0 Å². The number of ether oxygens (including phenoxy) is 2. The first-order valence-corrected chi connectivity index (χ1v) is 9.71. The lowest BCUT2D eigenvalue weighted by molar-refractivity contribution is -0.123. The number of aryl methyl sites for hydroxylation is 1. The summed E-state index contributed by atoms with van der Waals surface area (Å²) in [6.07, 6.45) is 0. The van der Waals surface area contributed by atoms with Gasteiger partial charge in [0.25, 0.3) is 5.91 Å². The van der Waals surface area contributed by atoms with E-state index in [-0.39, 0.29) is 12.5 Å². The Balaban J connectivity index is 1.31. The molecule has 0 saturated carbocycles. The molecule has 1 saturated heterocycles. The highest BCUT2D eigenvalue weighted by Crippen LogP contribution is 2.20. The Kier molecular flexibility index (Phi) is 7.14. The maximum atomic E-state index is 11.9. The Hall–Kier alpha value is -2.73. The molecule has 0 bridgehead atoms. The summed E-state index contributed by atoms with van der Waals surface area (Å²) < 4.78 is 10.7. The fourth-order valence-electron chi connectivity index (χ4n) is 3.21. The highest BCUT2D eigenvalue weighted by Gasteiger charge is 2.17. The molecule has 1 fully saturated rings. The topological polar surface area (TPSA) is 54.0 Å². The first-order chi connectivity index (χ1) is 13.6. The number of hydrogen-bond donors (Lipinski definition) is 1. The highest BCUT2D eigenvalue weighted by atomic mass is 16.5. The number of anilines is 1. The molecular weight excluding hydrogens is 354 g/mol. The van der Waals surface area contributed by atoms with Crippen molar-refractivity contribution in [1.82, 2.24) is 10.2 Å². The summed E-state index contributed by atoms with van der Waals surface area (Å²) in [5.41, 5.74) is 2.39. The molecule has 6 heteroatoms. The van der Waals surface area contributed by atoms with Crippen LogP contribution >= 0.6 is 0 Å². The molecule has 0 aliphatic carbocycles. The summed E-state index contributed by atoms with van der Waals surface area (Å²) in [4.78, 5) is 16.7. The lowest BCUT2D eigenvalue weighted by atomic mass is 10.2. The number of carbonyl (C=O) groups is 1. The maximum absolute atomic E-state index is 11.9. The Bertz CT molecular complexity index is 739. The van der Waals surface area contributed by atoms with Crippen molar-refractivity contribution in [2.75, 3.05) is 57.9 Å². The van der Waals surface area contributed by atoms with E-state index in [1.807, 2.05) is 43.3 Å². The number of carbonyl (C=O) groups excluding carboxylic acids is 1. The molecule has 0 spiro atoms. The number of hydrogen-bond acceptors (Lipinski definition) is 5. The molecular formula is C22H29N3O3. The van der Waals surface area contributed by atoms with E-state index in [0.717, 1.165) is 44.2 Å². The van der Waals surface area contributed by atoms with Gasteiger partial charge in [0.05, 0.1) is 7.11 Å². The second kappa shape index (κ2) is 9.99. The van der Waals surface area contributed by atoms with Gasteiger partial charge >= 0.3 is 0 Å². The molecule has 2 aromatic carbocycles. The third-order valence-electron chi connectivity index (χ3n) is 4.95. The van der Waals surface area contributed by atoms with E-state index in [1.165, 1.54) is 11.3 Å². The van der Waals surface area contributed by atoms with Crippen LogP contribution in [0.15, 0.2) is 48.5 Å². The van der Waals surface area contributed by atoms with Gasteiger partial charge in [-0.05, 0) is 43.3 Å². The van der Waals surface area contributed by atoms with Gasteiger partial charge in [0.2, 0.25) is 0 Å². The van der Waals surface area contributed by atoms with Crippen molar-refractivity contribution in [2.45, 2.75) is 6.92 Å². The van der Waals surface area contributed by atoms with Crippen LogP contribution in [-0.2, 0) is 4.79 Å². The van der Waals surface area contributed by atoms with Crippen LogP contribution in [0, 0.1) is 6.92 Å². The van der Waals surface area contributed by atoms with Gasteiger partial charge in [0.15, 0.2) is 6.61 Å². The normalized spacial score (nSPS) is 14.6. The van der Waals surface area contributed by atoms with E-state index in [9.17, 15) is 4.79 Å². The standard InChI is InChI=1S/C22H29N3O3/c1-18-3-7-21(8-4-18)28-17-22(26)23-11-12-24-13-15-25(16-14-24)19-5-9-20(27-2)10-6-19/h3-10H,11-17H2,1-2H3,(H,23,26). The quantitative estimate of drug-likeness (QED) is 0.758. The molecule has 6 nitrogen and oxygen atoms in total. The Labute approximate surface area is 167 Å². The van der Waals surface area contributed by atoms with Crippen LogP contribution in [0.4, 0.5) is 5.69 Å². The van der Waals surface area contributed by atoms with Gasteiger partial charge in [-0.15, -0.1) is 0 Å². The molecule has 1 N–H and O–H groups in total. The Morgan fingerprint density at radius 3 is 2.25 bits per heavy atom. The minimum absolute atomic E-state index is 0.0499. The van der Waals surface area contributed by atoms with Gasteiger partial charge < -0.3 is 19.7 Å². The maximum Gasteiger partial charge on any atom is 0.257 e. The number of benzene rings is 2. The fraction of sp³-hybridized carbons (Fsp3) is 0.409. The predicted octanol–water partition coefficient (Wildman–Crippen LogP) is 2.32. The fourth-order valence-corrected chi connectivity index (χ4v) is 3.21. The number of methoxy groups -OCH3 is 1. The van der Waals surface area contributed by atoms with Crippen LogP contribution in [-0.4, -0.2) is 63.8 Å². The summed E-state index contributed by atoms with van der Waals surface area (Å²) in [5, 5.41) is 2.93. The summed E-state index contributed by atoms with van der Waals surface area (Å²) in [5.74, 6) is 1.51. The van der Waals surface area contributed by atoms with E-state index < -0.39 is 0 Å². The Morgan fingerprint density at radius 2 is 1.61 bits per heavy atom. The average molecular weight is 383 g/mol. The molecule has 0 aromatic heterocycles. The van der Waals surface area contributed by atoms with Crippen LogP contribution in [0.25, 0.3) is 0 Å². The third kappa shape index (κ3) is 5.89. The van der Waals surface area contributed by atoms with Crippen LogP contribution < -0.4 is 19.7 Å². The summed E-state index contributed by atoms with van der Waals surface area (Å²) in [6.45, 7) is 7.50. The first-order valence-electron chi connectivity index (χ1n) is 9.71. The van der Waals surface area contributed by atoms with Crippen molar-refractivity contribution in [3.05, 3.63) is 54.1 Å². The van der Waals surface area contributed by atoms with Gasteiger partial charge in [0.1, 0.15) is 11.5 Å². The lowest BCUT2D eigenvalue weighted by Gasteiger charge is -2.36. The summed E-state index contributed by atoms with van der Waals surface area (Å²) in [6, 6.07) is 15.9. The second-order valence-electron chi connectivity index (χ2n) is 6.98. The van der Waals surface area contributed by atoms with Crippen molar-refractivity contribution < 1.29 is 14.3 Å². The number of piperazine rings is 1. The number of nitrogens with one attached hydrogen (secondary N) is 1. The molecule has 150 valence electrons. The monoisotopic (exact) mass is 383 g/mol. The van der Waals surface area contributed by atoms with Gasteiger partial charge in [-0.2, -0.15) is 0 Å². The molecule has 1 aliphatic heterocycles. The molecule has 3 rings (SSSR count). The number of rotatable bonds is 8. The zero-order valence-electron chi connectivity index (χ0n) is 16.7. The molecule has 1 aliphatic rings. The number of amides is 1. The zero-order chi connectivity index (χ0) is 19.8. The van der Waals surface area contributed by atoms with Crippen molar-refractivity contribution in [2.24, 2.45) is 0 Å². The van der Waals surface area contributed by atoms with Gasteiger partial charge in [-0.3, -0.25) is 9.69 Å². The third-order valence-corrected chi connectivity index (χ3v) is 4.95. The van der Waals surface area contributed by atoms with Gasteiger partial charge in [0, 0.05) is 45.0 Å². The first kappa shape index (κ1) is 20.0. The molecule has 0 unspecified atom stereocenters. The molecule has 0 radical (unpaired) electrons. The minimum atomic E-state index is -0.0857. The van der Waals surface area contributed by atoms with E-state index in [1.54, 1.807) is 7.11 Å². The van der Waals surface area contributed by atoms with Crippen LogP contribution in [0.2, 0.25) is 0 Å². The van der Waals surface area contributed by atoms with Crippen LogP contribution in [0.5, 0.6) is 11.5 Å². The largest absolute Gasteiger partial charge is 0.497 e. The lowest BCUT2D eigenvalue weighted by Crippen LogP contribution is -2.48. The molecule has 1 heterocycles. The van der Waals surface area contributed by atoms with Crippen LogP contribution in [0.1, 0.15) is 5.56 Å². The van der Waals surface area contributed by atoms with E-state index in [2.05, 4.69) is 27.2 Å². The Morgan fingerprint density at radius 1 is 0.964 bits per heavy atom. The van der Waals surface area contributed by atoms with E-state index in [4.69, 9.17) is 9.47 Å². The summed E-state index contributed by atoms with van der Waals surface area (Å²) in [7, 11) is 1.68. The number of nitrogens with zero attached hydrogens (tertiary/aromatic N) is 2. The second-order valence-corrected chi connectivity index (χ2v) is 6.98. The van der Waals surface area contributed by atoms with Crippen molar-refractivity contribution in [3.63, 3.8) is 0 Å². The SMILES string of the molecule is COc1ccc(N2CCN(CCNC(=O)COc3ccc(C)cc3)CC2)cc1. The zero-order valence-corrected chi connectivity index (χ0v) is 16.7. The van der Waals surface area contributed by atoms with Gasteiger partial charge in [-0.1, -0.05) is 17.7 Å². The molecule has 1 amide bonds. The van der Waals surface area contributed by atoms with Crippen molar-refractivity contribution >= 4 is 11.6 Å². The smallest absolute Gasteiger partial charge is 0.257 e. The average Bonchev–Trinajstić information content (AvgIpc) is 2.74. The van der Waals surface area contributed by atoms with Gasteiger partial charge in [-0.25, -0.2) is 0 Å². The minimum Gasteiger partial charge on any atom is -0.497 e. The van der Waals surface area contributed by atoms with Crippen LogP contribution in [0.3, 0.4) is 0 Å². The molecule has 0 atom stereocenters. The molecule has 2 aromatic rings. The highest BCUT2D eigenvalue weighted by molar-refractivity contribution is 5.77. The van der Waals surface area contributed by atoms with E-state index >= 15 is 0 Å². The molecule has 28 heavy (non-hydrogen) atoms. The van der Waals surface area contributed by atoms with E-state index in [0.29, 0.717) is 6.54 Å².